The molecule has 3 aromatic carbocycles. The third-order valence-corrected chi connectivity index (χ3v) is 8.55. The molecule has 0 fully saturated rings. The fourth-order valence-corrected chi connectivity index (χ4v) is 5.48. The summed E-state index contributed by atoms with van der Waals surface area (Å²) in [6, 6.07) is 29.3. The van der Waals surface area contributed by atoms with E-state index in [0.717, 1.165) is 16.7 Å². The molecule has 0 amide bonds. The lowest BCUT2D eigenvalue weighted by Crippen LogP contribution is -2.24. The molecule has 1 aromatic heterocycles. The van der Waals surface area contributed by atoms with Crippen molar-refractivity contribution >= 4 is 31.7 Å². The zero-order valence-electron chi connectivity index (χ0n) is 25.2. The summed E-state index contributed by atoms with van der Waals surface area (Å²) in [5.41, 5.74) is 2.10. The van der Waals surface area contributed by atoms with E-state index in [2.05, 4.69) is 4.98 Å². The maximum absolute atomic E-state index is 13.3. The minimum atomic E-state index is -4.16. The largest absolute Gasteiger partial charge is 0.510 e. The topological polar surface area (TPSA) is 151 Å². The molecule has 0 aliphatic rings. The molecule has 4 aromatic rings. The normalized spacial score (nSPS) is 11.1. The van der Waals surface area contributed by atoms with Crippen molar-refractivity contribution in [3.05, 3.63) is 130 Å². The highest BCUT2D eigenvalue weighted by Crippen LogP contribution is 2.48. The molecule has 15 heteroatoms. The lowest BCUT2D eigenvalue weighted by Gasteiger charge is -2.18. The quantitative estimate of drug-likeness (QED) is 0.0286. The van der Waals surface area contributed by atoms with E-state index in [-0.39, 0.29) is 26.4 Å². The van der Waals surface area contributed by atoms with Crippen molar-refractivity contribution in [1.82, 2.24) is 9.55 Å². The van der Waals surface area contributed by atoms with Crippen LogP contribution in [0.15, 0.2) is 113 Å². The first kappa shape index (κ1) is 35.4. The minimum absolute atomic E-state index is 0.0448. The summed E-state index contributed by atoms with van der Waals surface area (Å²) in [5.74, 6) is 0.665. The minimum Gasteiger partial charge on any atom is -0.429 e. The summed E-state index contributed by atoms with van der Waals surface area (Å²) < 4.78 is 50.2. The van der Waals surface area contributed by atoms with Gasteiger partial charge in [0.05, 0.1) is 13.2 Å². The first-order chi connectivity index (χ1) is 22.9. The van der Waals surface area contributed by atoms with Gasteiger partial charge in [0.15, 0.2) is 0 Å². The van der Waals surface area contributed by atoms with Gasteiger partial charge in [-0.3, -0.25) is 18.2 Å². The Hall–Kier alpha value is -4.46. The van der Waals surface area contributed by atoms with Crippen LogP contribution >= 0.6 is 19.4 Å². The summed E-state index contributed by atoms with van der Waals surface area (Å²) >= 11 is 1.44. The summed E-state index contributed by atoms with van der Waals surface area (Å²) in [6.07, 6.45) is -1.17. The Balaban J connectivity index is 1.23. The smallest absolute Gasteiger partial charge is 0.429 e. The highest BCUT2D eigenvalue weighted by Gasteiger charge is 2.27. The lowest BCUT2D eigenvalue weighted by molar-refractivity contribution is -0.0285. The molecule has 0 atom stereocenters. The van der Waals surface area contributed by atoms with Gasteiger partial charge in [-0.15, -0.1) is 11.8 Å². The zero-order valence-corrected chi connectivity index (χ0v) is 26.9. The van der Waals surface area contributed by atoms with Crippen LogP contribution in [0.5, 0.6) is 0 Å². The molecule has 0 N–H and O–H groups in total. The zero-order chi connectivity index (χ0) is 33.2. The van der Waals surface area contributed by atoms with Crippen LogP contribution < -0.4 is 5.69 Å². The second-order valence-electron chi connectivity index (χ2n) is 9.50. The van der Waals surface area contributed by atoms with Crippen LogP contribution in [0.2, 0.25) is 0 Å². The van der Waals surface area contributed by atoms with Crippen molar-refractivity contribution in [2.75, 3.05) is 26.5 Å². The Labute approximate surface area is 275 Å². The maximum Gasteiger partial charge on any atom is 0.510 e. The van der Waals surface area contributed by atoms with Crippen LogP contribution in [-0.2, 0) is 62.8 Å². The summed E-state index contributed by atoms with van der Waals surface area (Å²) in [6.45, 7) is -1.70. The number of carbonyl (C=O) groups excluding carboxylic acids is 2. The third kappa shape index (κ3) is 13.4. The summed E-state index contributed by atoms with van der Waals surface area (Å²) in [4.78, 5) is 40.5. The summed E-state index contributed by atoms with van der Waals surface area (Å²) in [5, 5.41) is 0.576. The SMILES string of the molecule is O=C(OCOP(=O)(COCCn1ccc(SCc2ccccc2)nc1=O)OCOC(=O)OCc1ccccc1)OCc1ccccc1. The number of hydrogen-bond acceptors (Lipinski definition) is 13. The molecule has 248 valence electrons. The molecule has 0 saturated heterocycles. The highest BCUT2D eigenvalue weighted by molar-refractivity contribution is 7.98. The molecule has 47 heavy (non-hydrogen) atoms. The molecular weight excluding hydrogens is 651 g/mol. The average molecular weight is 685 g/mol. The second kappa shape index (κ2) is 19.3. The Kier molecular flexibility index (Phi) is 14.5. The van der Waals surface area contributed by atoms with Crippen molar-refractivity contribution in [3.8, 4) is 0 Å². The van der Waals surface area contributed by atoms with Gasteiger partial charge in [-0.2, -0.15) is 4.98 Å². The first-order valence-electron chi connectivity index (χ1n) is 14.3. The lowest BCUT2D eigenvalue weighted by atomic mass is 10.2. The van der Waals surface area contributed by atoms with Crippen LogP contribution in [0.25, 0.3) is 0 Å². The van der Waals surface area contributed by atoms with E-state index in [4.69, 9.17) is 32.7 Å². The van der Waals surface area contributed by atoms with E-state index in [0.29, 0.717) is 10.8 Å². The Bertz CT molecular complexity index is 1580. The van der Waals surface area contributed by atoms with Gasteiger partial charge < -0.3 is 23.7 Å². The predicted molar refractivity (Wildman–Crippen MR) is 170 cm³/mol. The molecule has 0 bridgehead atoms. The molecule has 0 aliphatic heterocycles. The van der Waals surface area contributed by atoms with Gasteiger partial charge in [-0.1, -0.05) is 91.0 Å². The van der Waals surface area contributed by atoms with Gasteiger partial charge >= 0.3 is 25.6 Å². The van der Waals surface area contributed by atoms with E-state index in [9.17, 15) is 18.9 Å². The molecule has 0 unspecified atom stereocenters. The predicted octanol–water partition coefficient (Wildman–Crippen LogP) is 6.36. The van der Waals surface area contributed by atoms with Crippen LogP contribution in [0.3, 0.4) is 0 Å². The number of hydrogen-bond donors (Lipinski definition) is 0. The van der Waals surface area contributed by atoms with Crippen LogP contribution in [0.1, 0.15) is 16.7 Å². The fourth-order valence-electron chi connectivity index (χ4n) is 3.67. The maximum atomic E-state index is 13.3. The number of ether oxygens (including phenoxy) is 5. The van der Waals surface area contributed by atoms with Crippen LogP contribution in [-0.4, -0.2) is 48.4 Å². The molecular formula is C32H33N2O11PS. The van der Waals surface area contributed by atoms with Crippen molar-refractivity contribution in [3.63, 3.8) is 0 Å². The average Bonchev–Trinajstić information content (AvgIpc) is 3.09. The van der Waals surface area contributed by atoms with Gasteiger partial charge in [0, 0.05) is 11.9 Å². The number of nitrogens with zero attached hydrogens (tertiary/aromatic N) is 2. The van der Waals surface area contributed by atoms with Crippen LogP contribution in [0.4, 0.5) is 9.59 Å². The molecule has 4 rings (SSSR count). The van der Waals surface area contributed by atoms with E-state index >= 15 is 0 Å². The van der Waals surface area contributed by atoms with Crippen molar-refractivity contribution < 1.29 is 46.9 Å². The Morgan fingerprint density at radius 1 is 0.702 bits per heavy atom. The van der Waals surface area contributed by atoms with Gasteiger partial charge in [0.25, 0.3) is 0 Å². The monoisotopic (exact) mass is 684 g/mol. The second-order valence-corrected chi connectivity index (χ2v) is 12.5. The van der Waals surface area contributed by atoms with Gasteiger partial charge in [0.1, 0.15) is 24.6 Å². The van der Waals surface area contributed by atoms with Crippen molar-refractivity contribution in [2.45, 2.75) is 30.5 Å². The number of benzene rings is 3. The van der Waals surface area contributed by atoms with E-state index in [1.165, 1.54) is 16.3 Å². The van der Waals surface area contributed by atoms with Crippen molar-refractivity contribution in [1.29, 1.82) is 0 Å². The van der Waals surface area contributed by atoms with E-state index < -0.39 is 45.5 Å². The fraction of sp³-hybridized carbons (Fsp3) is 0.250. The molecule has 1 heterocycles. The van der Waals surface area contributed by atoms with Gasteiger partial charge in [-0.05, 0) is 22.8 Å². The Morgan fingerprint density at radius 2 is 1.21 bits per heavy atom. The van der Waals surface area contributed by atoms with Gasteiger partial charge in [0.2, 0.25) is 13.6 Å². The van der Waals surface area contributed by atoms with Crippen molar-refractivity contribution in [2.24, 2.45) is 0 Å². The molecule has 13 nitrogen and oxygen atoms in total. The molecule has 0 spiro atoms. The molecule has 0 radical (unpaired) electrons. The number of carbonyl (C=O) groups is 2. The summed E-state index contributed by atoms with van der Waals surface area (Å²) in [7, 11) is -4.16. The van der Waals surface area contributed by atoms with E-state index in [1.807, 2.05) is 42.5 Å². The Morgan fingerprint density at radius 3 is 1.72 bits per heavy atom. The standard InChI is InChI=1S/C32H33N2O11PS/c35-30-33-29(47-22-28-14-8-3-9-15-28)16-17-34(30)18-19-39-25-46(38,44-23-42-31(36)40-20-26-10-4-1-5-11-26)45-24-43-32(37)41-21-27-12-6-2-7-13-27/h1-17H,18-25H2. The molecule has 0 saturated carbocycles. The highest BCUT2D eigenvalue weighted by atomic mass is 32.2. The number of thioether (sulfide) groups is 1. The number of aromatic nitrogens is 2. The molecule has 0 aliphatic carbocycles. The number of rotatable bonds is 18. The van der Waals surface area contributed by atoms with E-state index in [1.54, 1.807) is 60.8 Å². The van der Waals surface area contributed by atoms with Gasteiger partial charge in [-0.25, -0.2) is 14.4 Å². The van der Waals surface area contributed by atoms with Crippen LogP contribution in [0, 0.1) is 0 Å². The first-order valence-corrected chi connectivity index (χ1v) is 17.0. The third-order valence-electron chi connectivity index (χ3n) is 6.06.